The van der Waals surface area contributed by atoms with E-state index in [1.54, 1.807) is 0 Å². The molecule has 2 nitrogen and oxygen atoms in total. The summed E-state index contributed by atoms with van der Waals surface area (Å²) >= 11 is 0. The highest BCUT2D eigenvalue weighted by molar-refractivity contribution is 4.75. The molecule has 0 saturated carbocycles. The summed E-state index contributed by atoms with van der Waals surface area (Å²) in [6, 6.07) is 0.682. The number of likely N-dealkylation sites (tertiary alicyclic amines) is 1. The topological polar surface area (TPSA) is 15.3 Å². The normalized spacial score (nSPS) is 27.5. The monoisotopic (exact) mass is 184 g/mol. The lowest BCUT2D eigenvalue weighted by Crippen LogP contribution is -2.37. The minimum absolute atomic E-state index is 0.682. The fourth-order valence-electron chi connectivity index (χ4n) is 2.25. The van der Waals surface area contributed by atoms with Crippen LogP contribution in [0.2, 0.25) is 0 Å². The third-order valence-corrected chi connectivity index (χ3v) is 3.23. The maximum Gasteiger partial charge on any atom is 0.00388 e. The van der Waals surface area contributed by atoms with Gasteiger partial charge in [0.1, 0.15) is 0 Å². The van der Waals surface area contributed by atoms with Crippen molar-refractivity contribution in [2.75, 3.05) is 26.7 Å². The van der Waals surface area contributed by atoms with Crippen molar-refractivity contribution in [1.29, 1.82) is 0 Å². The Labute approximate surface area is 82.7 Å². The van der Waals surface area contributed by atoms with Crippen LogP contribution in [-0.4, -0.2) is 37.6 Å². The van der Waals surface area contributed by atoms with Gasteiger partial charge in [-0.3, -0.25) is 0 Å². The molecule has 0 spiro atoms. The first-order chi connectivity index (χ1) is 6.26. The summed E-state index contributed by atoms with van der Waals surface area (Å²) in [5.41, 5.74) is 0. The van der Waals surface area contributed by atoms with Crippen LogP contribution in [0.3, 0.4) is 0 Å². The summed E-state index contributed by atoms with van der Waals surface area (Å²) in [6.45, 7) is 8.42. The lowest BCUT2D eigenvalue weighted by atomic mass is 9.92. The molecular weight excluding hydrogens is 160 g/mol. The van der Waals surface area contributed by atoms with Gasteiger partial charge in [0.15, 0.2) is 0 Å². The Morgan fingerprint density at radius 1 is 1.54 bits per heavy atom. The van der Waals surface area contributed by atoms with Crippen LogP contribution in [0.4, 0.5) is 0 Å². The average Bonchev–Trinajstić information content (AvgIpc) is 2.18. The second-order valence-electron chi connectivity index (χ2n) is 4.33. The molecule has 2 heteroatoms. The van der Waals surface area contributed by atoms with Crippen molar-refractivity contribution in [2.24, 2.45) is 5.92 Å². The van der Waals surface area contributed by atoms with E-state index < -0.39 is 0 Å². The summed E-state index contributed by atoms with van der Waals surface area (Å²) in [5.74, 6) is 0.927. The van der Waals surface area contributed by atoms with Gasteiger partial charge in [0.05, 0.1) is 0 Å². The van der Waals surface area contributed by atoms with Crippen LogP contribution in [0.5, 0.6) is 0 Å². The van der Waals surface area contributed by atoms with Gasteiger partial charge in [0.25, 0.3) is 0 Å². The van der Waals surface area contributed by atoms with Crippen molar-refractivity contribution in [3.8, 4) is 0 Å². The highest BCUT2D eigenvalue weighted by Crippen LogP contribution is 2.20. The zero-order chi connectivity index (χ0) is 9.68. The number of nitrogens with zero attached hydrogens (tertiary/aromatic N) is 1. The van der Waals surface area contributed by atoms with Gasteiger partial charge in [0.2, 0.25) is 0 Å². The Hall–Kier alpha value is -0.0800. The molecule has 78 valence electrons. The SMILES string of the molecule is CCN1CCCC(CC(C)NC)C1. The third kappa shape index (κ3) is 3.65. The van der Waals surface area contributed by atoms with Crippen molar-refractivity contribution in [3.63, 3.8) is 0 Å². The lowest BCUT2D eigenvalue weighted by molar-refractivity contribution is 0.169. The second kappa shape index (κ2) is 5.61. The first-order valence-electron chi connectivity index (χ1n) is 5.65. The van der Waals surface area contributed by atoms with E-state index >= 15 is 0 Å². The Balaban J connectivity index is 2.25. The summed E-state index contributed by atoms with van der Waals surface area (Å²) in [7, 11) is 2.06. The number of piperidine rings is 1. The molecule has 0 amide bonds. The molecule has 0 bridgehead atoms. The first-order valence-corrected chi connectivity index (χ1v) is 5.65. The zero-order valence-electron chi connectivity index (χ0n) is 9.34. The van der Waals surface area contributed by atoms with E-state index in [1.165, 1.54) is 38.9 Å². The van der Waals surface area contributed by atoms with Gasteiger partial charge in [-0.05, 0) is 52.2 Å². The number of rotatable bonds is 4. The predicted octanol–water partition coefficient (Wildman–Crippen LogP) is 1.72. The second-order valence-corrected chi connectivity index (χ2v) is 4.33. The van der Waals surface area contributed by atoms with Gasteiger partial charge < -0.3 is 10.2 Å². The molecule has 0 aromatic heterocycles. The molecule has 0 radical (unpaired) electrons. The molecule has 1 aliphatic heterocycles. The van der Waals surface area contributed by atoms with Gasteiger partial charge in [-0.25, -0.2) is 0 Å². The van der Waals surface area contributed by atoms with Crippen LogP contribution in [-0.2, 0) is 0 Å². The van der Waals surface area contributed by atoms with Gasteiger partial charge >= 0.3 is 0 Å². The van der Waals surface area contributed by atoms with Crippen molar-refractivity contribution in [3.05, 3.63) is 0 Å². The quantitative estimate of drug-likeness (QED) is 0.715. The Kier molecular flexibility index (Phi) is 4.74. The molecule has 1 heterocycles. The molecule has 1 N–H and O–H groups in total. The summed E-state index contributed by atoms with van der Waals surface area (Å²) < 4.78 is 0. The molecule has 2 atom stereocenters. The Bertz CT molecular complexity index is 134. The third-order valence-electron chi connectivity index (χ3n) is 3.23. The average molecular weight is 184 g/mol. The Morgan fingerprint density at radius 3 is 2.92 bits per heavy atom. The van der Waals surface area contributed by atoms with E-state index in [0.717, 1.165) is 5.92 Å². The highest BCUT2D eigenvalue weighted by atomic mass is 15.1. The van der Waals surface area contributed by atoms with E-state index in [4.69, 9.17) is 0 Å². The van der Waals surface area contributed by atoms with Crippen LogP contribution in [0.15, 0.2) is 0 Å². The van der Waals surface area contributed by atoms with Crippen molar-refractivity contribution in [1.82, 2.24) is 10.2 Å². The van der Waals surface area contributed by atoms with Crippen LogP contribution >= 0.6 is 0 Å². The molecule has 13 heavy (non-hydrogen) atoms. The van der Waals surface area contributed by atoms with Crippen molar-refractivity contribution < 1.29 is 0 Å². The summed E-state index contributed by atoms with van der Waals surface area (Å²) in [6.07, 6.45) is 4.17. The fourth-order valence-corrected chi connectivity index (χ4v) is 2.25. The van der Waals surface area contributed by atoms with E-state index in [9.17, 15) is 0 Å². The lowest BCUT2D eigenvalue weighted by Gasteiger charge is -2.33. The van der Waals surface area contributed by atoms with Gasteiger partial charge in [0, 0.05) is 12.6 Å². The van der Waals surface area contributed by atoms with Gasteiger partial charge in [-0.15, -0.1) is 0 Å². The minimum atomic E-state index is 0.682. The van der Waals surface area contributed by atoms with E-state index in [-0.39, 0.29) is 0 Å². The summed E-state index contributed by atoms with van der Waals surface area (Å²) in [4.78, 5) is 2.58. The number of hydrogen-bond donors (Lipinski definition) is 1. The summed E-state index contributed by atoms with van der Waals surface area (Å²) in [5, 5.41) is 3.33. The Morgan fingerprint density at radius 2 is 2.31 bits per heavy atom. The van der Waals surface area contributed by atoms with E-state index in [1.807, 2.05) is 0 Å². The van der Waals surface area contributed by atoms with E-state index in [2.05, 4.69) is 31.1 Å². The predicted molar refractivity (Wildman–Crippen MR) is 58.0 cm³/mol. The van der Waals surface area contributed by atoms with Crippen LogP contribution < -0.4 is 5.32 Å². The van der Waals surface area contributed by atoms with Gasteiger partial charge in [-0.2, -0.15) is 0 Å². The zero-order valence-corrected chi connectivity index (χ0v) is 9.34. The molecular formula is C11H24N2. The molecule has 0 aromatic rings. The molecule has 2 unspecified atom stereocenters. The van der Waals surface area contributed by atoms with Gasteiger partial charge in [-0.1, -0.05) is 6.92 Å². The molecule has 0 aromatic carbocycles. The highest BCUT2D eigenvalue weighted by Gasteiger charge is 2.19. The maximum absolute atomic E-state index is 3.33. The van der Waals surface area contributed by atoms with Crippen LogP contribution in [0, 0.1) is 5.92 Å². The van der Waals surface area contributed by atoms with E-state index in [0.29, 0.717) is 6.04 Å². The first kappa shape index (κ1) is 11.0. The number of hydrogen-bond acceptors (Lipinski definition) is 2. The van der Waals surface area contributed by atoms with Crippen molar-refractivity contribution >= 4 is 0 Å². The van der Waals surface area contributed by atoms with Crippen LogP contribution in [0.25, 0.3) is 0 Å². The number of nitrogens with one attached hydrogen (secondary N) is 1. The molecule has 0 aliphatic carbocycles. The fraction of sp³-hybridized carbons (Fsp3) is 1.00. The molecule has 1 saturated heterocycles. The minimum Gasteiger partial charge on any atom is -0.317 e. The molecule has 1 aliphatic rings. The largest absolute Gasteiger partial charge is 0.317 e. The van der Waals surface area contributed by atoms with Crippen molar-refractivity contribution in [2.45, 2.75) is 39.2 Å². The maximum atomic E-state index is 3.33. The molecule has 1 rings (SSSR count). The standard InChI is InChI=1S/C11H24N2/c1-4-13-7-5-6-11(9-13)8-10(2)12-3/h10-12H,4-9H2,1-3H3. The van der Waals surface area contributed by atoms with Crippen LogP contribution in [0.1, 0.15) is 33.1 Å². The molecule has 1 fully saturated rings. The smallest absolute Gasteiger partial charge is 0.00388 e.